The van der Waals surface area contributed by atoms with Gasteiger partial charge in [0.25, 0.3) is 0 Å². The van der Waals surface area contributed by atoms with Gasteiger partial charge in [-0.25, -0.2) is 0 Å². The maximum atomic E-state index is 12.8. The number of esters is 1. The lowest BCUT2D eigenvalue weighted by Crippen LogP contribution is -2.24. The first-order valence-electron chi connectivity index (χ1n) is 7.30. The van der Waals surface area contributed by atoms with E-state index in [1.54, 1.807) is 6.08 Å². The molecule has 3 atom stereocenters. The Labute approximate surface area is 123 Å². The molecule has 0 aliphatic heterocycles. The van der Waals surface area contributed by atoms with E-state index in [0.717, 1.165) is 19.3 Å². The highest BCUT2D eigenvalue weighted by Gasteiger charge is 2.38. The minimum atomic E-state index is -4.27. The normalized spacial score (nSPS) is 32.9. The van der Waals surface area contributed by atoms with E-state index in [9.17, 15) is 18.0 Å². The SMILES string of the molecule is CC(=O)OCC1(C)CCC2C=CC(C(F)(F)F)=CC2CC1. The number of carbonyl (C=O) groups excluding carboxylic acids is 1. The van der Waals surface area contributed by atoms with E-state index in [0.29, 0.717) is 13.0 Å². The van der Waals surface area contributed by atoms with Gasteiger partial charge in [0.2, 0.25) is 0 Å². The van der Waals surface area contributed by atoms with Gasteiger partial charge >= 0.3 is 12.1 Å². The summed E-state index contributed by atoms with van der Waals surface area (Å²) < 4.78 is 43.5. The van der Waals surface area contributed by atoms with E-state index in [-0.39, 0.29) is 23.2 Å². The van der Waals surface area contributed by atoms with E-state index < -0.39 is 11.7 Å². The number of halogens is 3. The van der Waals surface area contributed by atoms with Crippen LogP contribution in [0.15, 0.2) is 23.8 Å². The summed E-state index contributed by atoms with van der Waals surface area (Å²) in [4.78, 5) is 11.0. The average molecular weight is 302 g/mol. The molecule has 2 nitrogen and oxygen atoms in total. The molecule has 21 heavy (non-hydrogen) atoms. The van der Waals surface area contributed by atoms with Gasteiger partial charge in [-0.05, 0) is 37.5 Å². The number of fused-ring (bicyclic) bond motifs is 1. The number of ether oxygens (including phenoxy) is 1. The van der Waals surface area contributed by atoms with Crippen molar-refractivity contribution in [3.8, 4) is 0 Å². The molecule has 0 spiro atoms. The highest BCUT2D eigenvalue weighted by atomic mass is 19.4. The fraction of sp³-hybridized carbons (Fsp3) is 0.688. The molecule has 3 unspecified atom stereocenters. The molecule has 0 aromatic carbocycles. The van der Waals surface area contributed by atoms with E-state index in [1.165, 1.54) is 19.1 Å². The predicted octanol–water partition coefficient (Wildman–Crippen LogP) is 4.42. The minimum Gasteiger partial charge on any atom is -0.465 e. The molecule has 0 aromatic heterocycles. The molecule has 1 saturated carbocycles. The van der Waals surface area contributed by atoms with Crippen molar-refractivity contribution in [2.75, 3.05) is 6.61 Å². The largest absolute Gasteiger partial charge is 0.465 e. The minimum absolute atomic E-state index is 0.0641. The summed E-state index contributed by atoms with van der Waals surface area (Å²) >= 11 is 0. The Bertz CT molecular complexity index is 465. The fourth-order valence-corrected chi connectivity index (χ4v) is 3.15. The smallest absolute Gasteiger partial charge is 0.416 e. The maximum absolute atomic E-state index is 12.8. The van der Waals surface area contributed by atoms with Crippen molar-refractivity contribution in [3.63, 3.8) is 0 Å². The number of alkyl halides is 3. The van der Waals surface area contributed by atoms with Crippen LogP contribution >= 0.6 is 0 Å². The van der Waals surface area contributed by atoms with Crippen LogP contribution in [0.4, 0.5) is 13.2 Å². The molecule has 0 saturated heterocycles. The second-order valence-electron chi connectivity index (χ2n) is 6.47. The Morgan fingerprint density at radius 1 is 1.33 bits per heavy atom. The van der Waals surface area contributed by atoms with Crippen molar-refractivity contribution >= 4 is 5.97 Å². The third-order valence-corrected chi connectivity index (χ3v) is 4.58. The summed E-state index contributed by atoms with van der Waals surface area (Å²) in [6, 6.07) is 0. The lowest BCUT2D eigenvalue weighted by Gasteiger charge is -2.27. The summed E-state index contributed by atoms with van der Waals surface area (Å²) in [5.41, 5.74) is -0.671. The van der Waals surface area contributed by atoms with Crippen LogP contribution in [0.3, 0.4) is 0 Å². The number of carbonyl (C=O) groups is 1. The van der Waals surface area contributed by atoms with Crippen molar-refractivity contribution in [2.24, 2.45) is 17.3 Å². The van der Waals surface area contributed by atoms with Gasteiger partial charge in [-0.1, -0.05) is 25.2 Å². The molecule has 0 amide bonds. The molecule has 0 heterocycles. The molecule has 5 heteroatoms. The Kier molecular flexibility index (Phi) is 4.49. The quantitative estimate of drug-likeness (QED) is 0.706. The number of rotatable bonds is 2. The van der Waals surface area contributed by atoms with Gasteiger partial charge in [0.1, 0.15) is 0 Å². The maximum Gasteiger partial charge on any atom is 0.416 e. The van der Waals surface area contributed by atoms with Crippen LogP contribution in [-0.4, -0.2) is 18.8 Å². The molecular weight excluding hydrogens is 281 g/mol. The van der Waals surface area contributed by atoms with Crippen molar-refractivity contribution in [1.82, 2.24) is 0 Å². The molecule has 0 N–H and O–H groups in total. The van der Waals surface area contributed by atoms with Crippen LogP contribution in [0, 0.1) is 17.3 Å². The highest BCUT2D eigenvalue weighted by molar-refractivity contribution is 5.65. The standard InChI is InChI=1S/C16H21F3O2/c1-11(20)21-10-15(2)7-5-12-3-4-14(16(17,18)19)9-13(12)6-8-15/h3-4,9,12-13H,5-8,10H2,1-2H3. The Morgan fingerprint density at radius 2 is 1.95 bits per heavy atom. The van der Waals surface area contributed by atoms with Gasteiger partial charge in [-0.3, -0.25) is 4.79 Å². The lowest BCUT2D eigenvalue weighted by molar-refractivity contribution is -0.144. The van der Waals surface area contributed by atoms with Crippen LogP contribution in [0.1, 0.15) is 39.5 Å². The number of allylic oxidation sites excluding steroid dienone is 4. The molecule has 0 aromatic rings. The molecule has 0 bridgehead atoms. The molecular formula is C16H21F3O2. The van der Waals surface area contributed by atoms with E-state index in [4.69, 9.17) is 4.74 Å². The van der Waals surface area contributed by atoms with Gasteiger partial charge < -0.3 is 4.74 Å². The zero-order valence-electron chi connectivity index (χ0n) is 12.4. The topological polar surface area (TPSA) is 26.3 Å². The Hall–Kier alpha value is -1.26. The molecule has 1 fully saturated rings. The van der Waals surface area contributed by atoms with Gasteiger partial charge in [0.15, 0.2) is 0 Å². The third kappa shape index (κ3) is 4.11. The molecule has 2 aliphatic carbocycles. The van der Waals surface area contributed by atoms with Crippen LogP contribution in [0.2, 0.25) is 0 Å². The monoisotopic (exact) mass is 302 g/mol. The van der Waals surface area contributed by atoms with Gasteiger partial charge in [0.05, 0.1) is 12.2 Å². The summed E-state index contributed by atoms with van der Waals surface area (Å²) in [5.74, 6) is -0.210. The summed E-state index contributed by atoms with van der Waals surface area (Å²) in [6.07, 6.45) is 3.18. The van der Waals surface area contributed by atoms with E-state index in [1.807, 2.05) is 6.92 Å². The second kappa shape index (κ2) is 5.85. The second-order valence-corrected chi connectivity index (χ2v) is 6.47. The Balaban J connectivity index is 2.06. The van der Waals surface area contributed by atoms with Crippen molar-refractivity contribution in [1.29, 1.82) is 0 Å². The summed E-state index contributed by atoms with van der Waals surface area (Å²) in [7, 11) is 0. The van der Waals surface area contributed by atoms with Crippen LogP contribution in [-0.2, 0) is 9.53 Å². The number of hydrogen-bond acceptors (Lipinski definition) is 2. The predicted molar refractivity (Wildman–Crippen MR) is 73.5 cm³/mol. The van der Waals surface area contributed by atoms with Crippen LogP contribution in [0.25, 0.3) is 0 Å². The highest BCUT2D eigenvalue weighted by Crippen LogP contribution is 2.44. The first kappa shape index (κ1) is 16.1. The first-order valence-corrected chi connectivity index (χ1v) is 7.30. The fourth-order valence-electron chi connectivity index (χ4n) is 3.15. The van der Waals surface area contributed by atoms with Gasteiger partial charge in [-0.15, -0.1) is 0 Å². The van der Waals surface area contributed by atoms with Crippen LogP contribution in [0.5, 0.6) is 0 Å². The van der Waals surface area contributed by atoms with Crippen LogP contribution < -0.4 is 0 Å². The zero-order chi connectivity index (χ0) is 15.7. The van der Waals surface area contributed by atoms with E-state index in [2.05, 4.69) is 0 Å². The third-order valence-electron chi connectivity index (χ3n) is 4.58. The average Bonchev–Trinajstić information content (AvgIpc) is 2.56. The first-order chi connectivity index (χ1) is 9.70. The molecule has 2 aliphatic rings. The van der Waals surface area contributed by atoms with Crippen molar-refractivity contribution in [2.45, 2.75) is 45.7 Å². The van der Waals surface area contributed by atoms with Crippen molar-refractivity contribution in [3.05, 3.63) is 23.8 Å². The van der Waals surface area contributed by atoms with Gasteiger partial charge in [-0.2, -0.15) is 13.2 Å². The van der Waals surface area contributed by atoms with Crippen molar-refractivity contribution < 1.29 is 22.7 Å². The molecule has 0 radical (unpaired) electrons. The van der Waals surface area contributed by atoms with Gasteiger partial charge in [0, 0.05) is 12.3 Å². The lowest BCUT2D eigenvalue weighted by atomic mass is 9.82. The summed E-state index contributed by atoms with van der Waals surface area (Å²) in [5, 5.41) is 0. The molecule has 2 rings (SSSR count). The number of hydrogen-bond donors (Lipinski definition) is 0. The van der Waals surface area contributed by atoms with E-state index >= 15 is 0 Å². The zero-order valence-corrected chi connectivity index (χ0v) is 12.4. The Morgan fingerprint density at radius 3 is 2.52 bits per heavy atom. The molecule has 118 valence electrons. The summed E-state index contributed by atoms with van der Waals surface area (Å²) in [6.45, 7) is 3.77.